The fourth-order valence-corrected chi connectivity index (χ4v) is 13.2. The lowest BCUT2D eigenvalue weighted by Gasteiger charge is -2.70. The van der Waals surface area contributed by atoms with Crippen LogP contribution in [-0.4, -0.2) is 130 Å². The molecule has 55 heavy (non-hydrogen) atoms. The van der Waals surface area contributed by atoms with Gasteiger partial charge in [-0.15, -0.1) is 0 Å². The van der Waals surface area contributed by atoms with Gasteiger partial charge in [0.15, 0.2) is 25.2 Å². The van der Waals surface area contributed by atoms with E-state index < -0.39 is 79.4 Å². The second kappa shape index (κ2) is 16.0. The van der Waals surface area contributed by atoms with Crippen LogP contribution in [0.25, 0.3) is 0 Å². The number of ether oxygens (including phenoxy) is 6. The van der Waals surface area contributed by atoms with Gasteiger partial charge in [0.05, 0.1) is 18.3 Å². The molecule has 2 heterocycles. The topological polar surface area (TPSA) is 197 Å². The van der Waals surface area contributed by atoms with Crippen molar-refractivity contribution in [1.82, 2.24) is 0 Å². The third-order valence-corrected chi connectivity index (χ3v) is 16.5. The highest BCUT2D eigenvalue weighted by molar-refractivity contribution is 5.19. The van der Waals surface area contributed by atoms with Crippen molar-refractivity contribution in [3.05, 3.63) is 11.6 Å². The number of aliphatic hydroxyl groups excluding tert-OH is 7. The van der Waals surface area contributed by atoms with Crippen LogP contribution >= 0.6 is 0 Å². The zero-order valence-electron chi connectivity index (χ0n) is 34.7. The van der Waals surface area contributed by atoms with Crippen LogP contribution < -0.4 is 0 Å². The van der Waals surface area contributed by atoms with Crippen molar-refractivity contribution in [3.8, 4) is 0 Å². The highest BCUT2D eigenvalue weighted by Gasteiger charge is 2.71. The lowest BCUT2D eigenvalue weighted by Crippen LogP contribution is -2.67. The summed E-state index contributed by atoms with van der Waals surface area (Å²) in [6.45, 7) is 18.1. The van der Waals surface area contributed by atoms with Crippen molar-refractivity contribution >= 4 is 0 Å². The molecule has 0 bridgehead atoms. The molecule has 6 fully saturated rings. The molecule has 2 saturated heterocycles. The first-order valence-electron chi connectivity index (χ1n) is 20.7. The summed E-state index contributed by atoms with van der Waals surface area (Å²) < 4.78 is 35.1. The standard InChI is InChI=1S/C42H72O13/c1-20(2)11-12-23(43)21(3)22-13-17-42(8)28(22)24(44)19-26-40(6)16-15-27(39(4,5)25(40)14-18-41(26,42)7)52-38-34(30(46)33(49)36(51-10)55-38)53-37-32(48)29(45)31(47)35(50-9)54-37/h11,21-38,43-49H,12-19H2,1-10H3/t21?,22?,23-,24?,25?,26?,27?,28?,29-,30-,31+,32?,33+,34?,35?,36?,37-,38-,40?,41?,42-/m1/s1. The van der Waals surface area contributed by atoms with E-state index in [1.54, 1.807) is 0 Å². The molecule has 21 atom stereocenters. The van der Waals surface area contributed by atoms with Crippen LogP contribution in [0.5, 0.6) is 0 Å². The molecule has 6 aliphatic rings. The maximum Gasteiger partial charge on any atom is 0.190 e. The summed E-state index contributed by atoms with van der Waals surface area (Å²) in [5, 5.41) is 77.2. The van der Waals surface area contributed by atoms with E-state index in [-0.39, 0.29) is 51.9 Å². The molecule has 4 saturated carbocycles. The number of hydrogen-bond donors (Lipinski definition) is 7. The highest BCUT2D eigenvalue weighted by Crippen LogP contribution is 2.75. The Morgan fingerprint density at radius 1 is 0.709 bits per heavy atom. The Morgan fingerprint density at radius 3 is 1.91 bits per heavy atom. The molecule has 318 valence electrons. The van der Waals surface area contributed by atoms with E-state index in [4.69, 9.17) is 28.4 Å². The van der Waals surface area contributed by atoms with Crippen LogP contribution in [0, 0.1) is 51.2 Å². The zero-order valence-corrected chi connectivity index (χ0v) is 34.7. The van der Waals surface area contributed by atoms with Crippen LogP contribution in [0.4, 0.5) is 0 Å². The molecule has 7 N–H and O–H groups in total. The molecule has 0 aromatic heterocycles. The average molecular weight is 785 g/mol. The number of fused-ring (bicyclic) bond motifs is 5. The largest absolute Gasteiger partial charge is 0.393 e. The van der Waals surface area contributed by atoms with Gasteiger partial charge < -0.3 is 64.2 Å². The monoisotopic (exact) mass is 784 g/mol. The SMILES string of the molecule is COC1O[C@@H](OC2[C@H](OC3CCC4(C)C(CCC5(C)C4CC(O)C4C(C(C)[C@H](O)CC=C(C)C)CC[C@]45C)C3(C)C)OC(OC)[C@@H](O)[C@H]2O)C(O)[C@H](O)[C@@H]1O. The van der Waals surface area contributed by atoms with Gasteiger partial charge in [-0.2, -0.15) is 0 Å². The van der Waals surface area contributed by atoms with Gasteiger partial charge in [0.25, 0.3) is 0 Å². The van der Waals surface area contributed by atoms with E-state index in [0.29, 0.717) is 12.8 Å². The first-order valence-corrected chi connectivity index (χ1v) is 20.7. The highest BCUT2D eigenvalue weighted by atomic mass is 16.8. The third kappa shape index (κ3) is 7.20. The minimum Gasteiger partial charge on any atom is -0.393 e. The predicted octanol–water partition coefficient (Wildman–Crippen LogP) is 3.23. The third-order valence-electron chi connectivity index (χ3n) is 16.5. The minimum absolute atomic E-state index is 0.00163. The van der Waals surface area contributed by atoms with Crippen molar-refractivity contribution in [3.63, 3.8) is 0 Å². The maximum atomic E-state index is 12.2. The molecule has 0 radical (unpaired) electrons. The van der Waals surface area contributed by atoms with Crippen molar-refractivity contribution in [1.29, 1.82) is 0 Å². The van der Waals surface area contributed by atoms with Crippen molar-refractivity contribution in [2.24, 2.45) is 51.2 Å². The Labute approximate surface area is 327 Å². The molecule has 13 heteroatoms. The summed E-state index contributed by atoms with van der Waals surface area (Å²) in [5.74, 6) is 0.981. The van der Waals surface area contributed by atoms with Gasteiger partial charge in [-0.25, -0.2) is 0 Å². The molecule has 0 amide bonds. The summed E-state index contributed by atoms with van der Waals surface area (Å²) in [7, 11) is 2.63. The summed E-state index contributed by atoms with van der Waals surface area (Å²) in [5.41, 5.74) is 0.647. The van der Waals surface area contributed by atoms with Gasteiger partial charge >= 0.3 is 0 Å². The maximum absolute atomic E-state index is 12.2. The lowest BCUT2D eigenvalue weighted by molar-refractivity contribution is -0.408. The van der Waals surface area contributed by atoms with Gasteiger partial charge in [-0.3, -0.25) is 0 Å². The molecular weight excluding hydrogens is 712 g/mol. The molecule has 13 nitrogen and oxygen atoms in total. The summed E-state index contributed by atoms with van der Waals surface area (Å²) >= 11 is 0. The molecule has 13 unspecified atom stereocenters. The number of rotatable bonds is 10. The van der Waals surface area contributed by atoms with Gasteiger partial charge in [0.1, 0.15) is 36.6 Å². The summed E-state index contributed by atoms with van der Waals surface area (Å²) in [4.78, 5) is 0. The van der Waals surface area contributed by atoms with Gasteiger partial charge in [-0.1, -0.05) is 53.2 Å². The fraction of sp³-hybridized carbons (Fsp3) is 0.952. The Balaban J connectivity index is 1.22. The molecular formula is C42H72O13. The van der Waals surface area contributed by atoms with E-state index in [9.17, 15) is 35.7 Å². The van der Waals surface area contributed by atoms with Gasteiger partial charge in [-0.05, 0) is 116 Å². The van der Waals surface area contributed by atoms with Crippen LogP contribution in [0.15, 0.2) is 11.6 Å². The number of methoxy groups -OCH3 is 2. The van der Waals surface area contributed by atoms with Crippen molar-refractivity contribution < 1.29 is 64.2 Å². The number of aliphatic hydroxyl groups is 7. The summed E-state index contributed by atoms with van der Waals surface area (Å²) in [6, 6.07) is 0. The van der Waals surface area contributed by atoms with Crippen LogP contribution in [0.2, 0.25) is 0 Å². The minimum atomic E-state index is -1.70. The van der Waals surface area contributed by atoms with E-state index in [1.165, 1.54) is 19.8 Å². The Morgan fingerprint density at radius 2 is 1.29 bits per heavy atom. The van der Waals surface area contributed by atoms with Gasteiger partial charge in [0, 0.05) is 14.2 Å². The van der Waals surface area contributed by atoms with E-state index in [0.717, 1.165) is 38.5 Å². The molecule has 0 spiro atoms. The van der Waals surface area contributed by atoms with Gasteiger partial charge in [0.2, 0.25) is 0 Å². The Hall–Kier alpha value is -0.780. The molecule has 6 rings (SSSR count). The molecule has 4 aliphatic carbocycles. The predicted molar refractivity (Wildman–Crippen MR) is 201 cm³/mol. The van der Waals surface area contributed by atoms with Crippen LogP contribution in [0.3, 0.4) is 0 Å². The second-order valence-electron chi connectivity index (χ2n) is 19.7. The Bertz CT molecular complexity index is 1360. The summed E-state index contributed by atoms with van der Waals surface area (Å²) in [6.07, 6.45) is -6.95. The van der Waals surface area contributed by atoms with E-state index >= 15 is 0 Å². The molecule has 0 aromatic carbocycles. The number of hydrogen-bond acceptors (Lipinski definition) is 13. The van der Waals surface area contributed by atoms with Crippen LogP contribution in [0.1, 0.15) is 107 Å². The van der Waals surface area contributed by atoms with Crippen molar-refractivity contribution in [2.45, 2.75) is 187 Å². The smallest absolute Gasteiger partial charge is 0.190 e. The first-order chi connectivity index (χ1) is 25.7. The molecule has 2 aliphatic heterocycles. The fourth-order valence-electron chi connectivity index (χ4n) is 13.2. The number of allylic oxidation sites excluding steroid dienone is 1. The zero-order chi connectivity index (χ0) is 40.6. The molecule has 0 aromatic rings. The normalized spacial score (nSPS) is 52.0. The lowest BCUT2D eigenvalue weighted by atomic mass is 9.35. The quantitative estimate of drug-likeness (QED) is 0.126. The van der Waals surface area contributed by atoms with E-state index in [2.05, 4.69) is 61.5 Å². The van der Waals surface area contributed by atoms with E-state index in [1.807, 2.05) is 0 Å². The first kappa shape index (κ1) is 43.8. The Kier molecular flexibility index (Phi) is 12.7. The second-order valence-corrected chi connectivity index (χ2v) is 19.7. The van der Waals surface area contributed by atoms with Crippen molar-refractivity contribution in [2.75, 3.05) is 14.2 Å². The van der Waals surface area contributed by atoms with Crippen LogP contribution in [-0.2, 0) is 28.4 Å². The average Bonchev–Trinajstić information content (AvgIpc) is 3.51.